The summed E-state index contributed by atoms with van der Waals surface area (Å²) in [4.78, 5) is 8.55. The molecule has 0 amide bonds. The van der Waals surface area contributed by atoms with E-state index in [0.29, 0.717) is 28.2 Å². The molecule has 0 aliphatic heterocycles. The fraction of sp³-hybridized carbons (Fsp3) is 0.125. The summed E-state index contributed by atoms with van der Waals surface area (Å²) in [6.45, 7) is -0.323. The van der Waals surface area contributed by atoms with E-state index in [1.54, 1.807) is 30.5 Å². The summed E-state index contributed by atoms with van der Waals surface area (Å²) in [6, 6.07) is 8.08. The van der Waals surface area contributed by atoms with Crippen LogP contribution in [0.3, 0.4) is 0 Å². The van der Waals surface area contributed by atoms with Gasteiger partial charge in [-0.25, -0.2) is 9.37 Å². The van der Waals surface area contributed by atoms with Crippen LogP contribution in [-0.2, 0) is 6.61 Å². The maximum Gasteiger partial charge on any atom is 0.213 e. The molecule has 0 spiro atoms. The van der Waals surface area contributed by atoms with Crippen molar-refractivity contribution in [3.05, 3.63) is 52.9 Å². The van der Waals surface area contributed by atoms with Crippen LogP contribution in [-0.4, -0.2) is 22.2 Å². The molecule has 0 aliphatic rings. The van der Waals surface area contributed by atoms with Gasteiger partial charge in [-0.3, -0.25) is 4.98 Å². The molecule has 7 heteroatoms. The molecule has 1 aromatic carbocycles. The molecule has 0 aliphatic carbocycles. The second-order valence-corrected chi connectivity index (χ2v) is 5.17. The number of aliphatic hydroxyl groups is 1. The van der Waals surface area contributed by atoms with E-state index in [-0.39, 0.29) is 17.3 Å². The van der Waals surface area contributed by atoms with E-state index in [9.17, 15) is 9.50 Å². The van der Waals surface area contributed by atoms with Gasteiger partial charge in [-0.05, 0) is 18.2 Å². The van der Waals surface area contributed by atoms with Crippen molar-refractivity contribution in [2.24, 2.45) is 0 Å². The van der Waals surface area contributed by atoms with E-state index >= 15 is 0 Å². The first kappa shape index (κ1) is 15.5. The summed E-state index contributed by atoms with van der Waals surface area (Å²) in [6.07, 6.45) is 1.58. The van der Waals surface area contributed by atoms with Crippen molar-refractivity contribution in [3.63, 3.8) is 0 Å². The number of fused-ring (bicyclic) bond motifs is 1. The normalized spacial score (nSPS) is 10.8. The van der Waals surface area contributed by atoms with Gasteiger partial charge in [0, 0.05) is 17.8 Å². The second kappa shape index (κ2) is 6.36. The van der Waals surface area contributed by atoms with E-state index in [2.05, 4.69) is 15.3 Å². The van der Waals surface area contributed by atoms with Gasteiger partial charge in [0.05, 0.1) is 35.6 Å². The molecule has 3 aromatic rings. The SMILES string of the molecule is COc1ccc2nccc(Nc3c(CO)ccc(Cl)c3F)c2n1. The average Bonchev–Trinajstić information content (AvgIpc) is 2.59. The molecule has 2 aromatic heterocycles. The first-order chi connectivity index (χ1) is 11.1. The highest BCUT2D eigenvalue weighted by Crippen LogP contribution is 2.32. The summed E-state index contributed by atoms with van der Waals surface area (Å²) in [5.41, 5.74) is 2.18. The number of methoxy groups -OCH3 is 1. The van der Waals surface area contributed by atoms with Crippen LogP contribution in [0.1, 0.15) is 5.56 Å². The number of halogens is 2. The number of benzene rings is 1. The molecule has 5 nitrogen and oxygen atoms in total. The van der Waals surface area contributed by atoms with Crippen molar-refractivity contribution < 1.29 is 14.2 Å². The van der Waals surface area contributed by atoms with E-state index < -0.39 is 5.82 Å². The fourth-order valence-corrected chi connectivity index (χ4v) is 2.37. The van der Waals surface area contributed by atoms with Gasteiger partial charge in [0.2, 0.25) is 5.88 Å². The largest absolute Gasteiger partial charge is 0.481 e. The zero-order valence-corrected chi connectivity index (χ0v) is 12.9. The van der Waals surface area contributed by atoms with Gasteiger partial charge in [-0.15, -0.1) is 0 Å². The van der Waals surface area contributed by atoms with Gasteiger partial charge in [0.1, 0.15) is 5.52 Å². The molecule has 3 rings (SSSR count). The number of anilines is 2. The standard InChI is InChI=1S/C16H13ClFN3O2/c1-23-13-5-4-11-16(21-13)12(6-7-19-11)20-15-9(8-22)2-3-10(17)14(15)18/h2-7,22H,8H2,1H3,(H,19,20). The Hall–Kier alpha value is -2.44. The molecular weight excluding hydrogens is 321 g/mol. The molecular formula is C16H13ClFN3O2. The molecule has 0 bridgehead atoms. The number of nitrogens with one attached hydrogen (secondary N) is 1. The van der Waals surface area contributed by atoms with Gasteiger partial charge in [0.15, 0.2) is 5.82 Å². The number of hydrogen-bond acceptors (Lipinski definition) is 5. The van der Waals surface area contributed by atoms with Crippen molar-refractivity contribution in [2.75, 3.05) is 12.4 Å². The number of rotatable bonds is 4. The minimum atomic E-state index is -0.633. The zero-order valence-electron chi connectivity index (χ0n) is 12.2. The maximum atomic E-state index is 14.3. The third-order valence-corrected chi connectivity index (χ3v) is 3.67. The van der Waals surface area contributed by atoms with Crippen molar-refractivity contribution in [2.45, 2.75) is 6.61 Å². The number of pyridine rings is 2. The summed E-state index contributed by atoms with van der Waals surface area (Å²) in [5.74, 6) is -0.214. The predicted octanol–water partition coefficient (Wildman–Crippen LogP) is 3.67. The van der Waals surface area contributed by atoms with E-state index in [1.165, 1.54) is 13.2 Å². The van der Waals surface area contributed by atoms with Crippen LogP contribution in [0.15, 0.2) is 36.5 Å². The molecule has 0 saturated carbocycles. The van der Waals surface area contributed by atoms with Crippen molar-refractivity contribution in [1.29, 1.82) is 0 Å². The highest BCUT2D eigenvalue weighted by Gasteiger charge is 2.14. The lowest BCUT2D eigenvalue weighted by Gasteiger charge is -2.14. The highest BCUT2D eigenvalue weighted by atomic mass is 35.5. The molecule has 0 radical (unpaired) electrons. The van der Waals surface area contributed by atoms with Gasteiger partial charge in [-0.1, -0.05) is 17.7 Å². The molecule has 2 N–H and O–H groups in total. The lowest BCUT2D eigenvalue weighted by molar-refractivity contribution is 0.282. The minimum absolute atomic E-state index is 0.0337. The molecule has 2 heterocycles. The zero-order chi connectivity index (χ0) is 16.4. The topological polar surface area (TPSA) is 67.3 Å². The maximum absolute atomic E-state index is 14.3. The molecule has 23 heavy (non-hydrogen) atoms. The Morgan fingerprint density at radius 3 is 2.83 bits per heavy atom. The van der Waals surface area contributed by atoms with E-state index in [4.69, 9.17) is 16.3 Å². The number of nitrogens with zero attached hydrogens (tertiary/aromatic N) is 2. The van der Waals surface area contributed by atoms with Crippen molar-refractivity contribution in [3.8, 4) is 5.88 Å². The highest BCUT2D eigenvalue weighted by molar-refractivity contribution is 6.31. The monoisotopic (exact) mass is 333 g/mol. The van der Waals surface area contributed by atoms with Crippen LogP contribution in [0.4, 0.5) is 15.8 Å². The molecule has 0 fully saturated rings. The molecule has 0 saturated heterocycles. The lowest BCUT2D eigenvalue weighted by Crippen LogP contribution is -2.02. The minimum Gasteiger partial charge on any atom is -0.481 e. The van der Waals surface area contributed by atoms with Crippen molar-refractivity contribution in [1.82, 2.24) is 9.97 Å². The van der Waals surface area contributed by atoms with E-state index in [1.807, 2.05) is 0 Å². The number of aromatic nitrogens is 2. The second-order valence-electron chi connectivity index (χ2n) is 4.76. The first-order valence-corrected chi connectivity index (χ1v) is 7.16. The van der Waals surface area contributed by atoms with Crippen LogP contribution in [0.25, 0.3) is 11.0 Å². The van der Waals surface area contributed by atoms with Crippen LogP contribution in [0.2, 0.25) is 5.02 Å². The third kappa shape index (κ3) is 2.91. The van der Waals surface area contributed by atoms with Crippen LogP contribution >= 0.6 is 11.6 Å². The summed E-state index contributed by atoms with van der Waals surface area (Å²) < 4.78 is 19.4. The molecule has 0 unspecified atom stereocenters. The third-order valence-electron chi connectivity index (χ3n) is 3.38. The number of hydrogen-bond donors (Lipinski definition) is 2. The summed E-state index contributed by atoms with van der Waals surface area (Å²) in [5, 5.41) is 12.3. The Morgan fingerprint density at radius 2 is 2.09 bits per heavy atom. The number of ether oxygens (including phenoxy) is 1. The van der Waals surface area contributed by atoms with Crippen LogP contribution in [0, 0.1) is 5.82 Å². The fourth-order valence-electron chi connectivity index (χ4n) is 2.21. The summed E-state index contributed by atoms with van der Waals surface area (Å²) in [7, 11) is 1.51. The number of aliphatic hydroxyl groups excluding tert-OH is 1. The average molecular weight is 334 g/mol. The van der Waals surface area contributed by atoms with Crippen LogP contribution < -0.4 is 10.1 Å². The van der Waals surface area contributed by atoms with Gasteiger partial charge >= 0.3 is 0 Å². The predicted molar refractivity (Wildman–Crippen MR) is 86.7 cm³/mol. The lowest BCUT2D eigenvalue weighted by atomic mass is 10.1. The van der Waals surface area contributed by atoms with Gasteiger partial charge < -0.3 is 15.2 Å². The summed E-state index contributed by atoms with van der Waals surface area (Å²) >= 11 is 5.83. The van der Waals surface area contributed by atoms with E-state index in [0.717, 1.165) is 0 Å². The molecule has 118 valence electrons. The Kier molecular flexibility index (Phi) is 4.27. The Labute approximate surface area is 136 Å². The smallest absolute Gasteiger partial charge is 0.213 e. The first-order valence-electron chi connectivity index (χ1n) is 6.78. The Bertz CT molecular complexity index is 873. The Morgan fingerprint density at radius 1 is 1.26 bits per heavy atom. The van der Waals surface area contributed by atoms with Crippen LogP contribution in [0.5, 0.6) is 5.88 Å². The Balaban J connectivity index is 2.14. The van der Waals surface area contributed by atoms with Gasteiger partial charge in [-0.2, -0.15) is 0 Å². The quantitative estimate of drug-likeness (QED) is 0.762. The van der Waals surface area contributed by atoms with Gasteiger partial charge in [0.25, 0.3) is 0 Å². The van der Waals surface area contributed by atoms with Crippen molar-refractivity contribution >= 4 is 34.0 Å². The molecule has 0 atom stereocenters.